The molecule has 1 atom stereocenters. The van der Waals surface area contributed by atoms with Crippen molar-refractivity contribution in [1.82, 2.24) is 10.2 Å². The molecule has 1 aliphatic rings. The fourth-order valence-corrected chi connectivity index (χ4v) is 1.86. The first-order chi connectivity index (χ1) is 8.58. The Morgan fingerprint density at radius 2 is 2.22 bits per heavy atom. The van der Waals surface area contributed by atoms with E-state index >= 15 is 0 Å². The van der Waals surface area contributed by atoms with Gasteiger partial charge in [0.25, 0.3) is 0 Å². The summed E-state index contributed by atoms with van der Waals surface area (Å²) in [6.07, 6.45) is 2.20. The molecule has 1 unspecified atom stereocenters. The summed E-state index contributed by atoms with van der Waals surface area (Å²) in [5, 5.41) is 20.1. The minimum atomic E-state index is -0.896. The Kier molecular flexibility index (Phi) is 5.43. The van der Waals surface area contributed by atoms with Gasteiger partial charge in [0, 0.05) is 19.1 Å². The zero-order chi connectivity index (χ0) is 13.5. The number of nitrogens with zero attached hydrogens (tertiary/aromatic N) is 2. The van der Waals surface area contributed by atoms with Gasteiger partial charge in [-0.2, -0.15) is 5.26 Å². The molecule has 0 spiro atoms. The number of amides is 2. The third kappa shape index (κ3) is 4.62. The van der Waals surface area contributed by atoms with Crippen LogP contribution in [0.2, 0.25) is 0 Å². The summed E-state index contributed by atoms with van der Waals surface area (Å²) < 4.78 is 0. The summed E-state index contributed by atoms with van der Waals surface area (Å²) in [5.41, 5.74) is 0. The summed E-state index contributed by atoms with van der Waals surface area (Å²) in [5.74, 6) is -0.605. The van der Waals surface area contributed by atoms with E-state index in [-0.39, 0.29) is 24.9 Å². The van der Waals surface area contributed by atoms with Crippen LogP contribution in [-0.2, 0) is 4.79 Å². The van der Waals surface area contributed by atoms with E-state index in [1.54, 1.807) is 0 Å². The fourth-order valence-electron chi connectivity index (χ4n) is 1.86. The Balaban J connectivity index is 2.48. The molecule has 1 aliphatic carbocycles. The standard InChI is InChI=1S/C12H19N3O3/c1-2-15(7-3-6-13)12(18)14-10(8-11(16)17)9-4-5-9/h9-10H,2-5,7-8H2,1H3,(H,14,18)(H,16,17). The zero-order valence-electron chi connectivity index (χ0n) is 10.6. The Morgan fingerprint density at radius 3 is 2.67 bits per heavy atom. The van der Waals surface area contributed by atoms with E-state index in [9.17, 15) is 9.59 Å². The molecule has 0 bridgehead atoms. The second kappa shape index (κ2) is 6.84. The second-order valence-electron chi connectivity index (χ2n) is 4.48. The zero-order valence-corrected chi connectivity index (χ0v) is 10.6. The van der Waals surface area contributed by atoms with Gasteiger partial charge in [-0.3, -0.25) is 4.79 Å². The minimum Gasteiger partial charge on any atom is -0.481 e. The fraction of sp³-hybridized carbons (Fsp3) is 0.750. The van der Waals surface area contributed by atoms with Crippen LogP contribution in [0.5, 0.6) is 0 Å². The number of rotatable bonds is 7. The van der Waals surface area contributed by atoms with Crippen molar-refractivity contribution in [2.24, 2.45) is 5.92 Å². The van der Waals surface area contributed by atoms with E-state index in [2.05, 4.69) is 5.32 Å². The highest BCUT2D eigenvalue weighted by molar-refractivity contribution is 5.76. The lowest BCUT2D eigenvalue weighted by molar-refractivity contribution is -0.137. The molecule has 18 heavy (non-hydrogen) atoms. The van der Waals surface area contributed by atoms with Crippen molar-refractivity contribution >= 4 is 12.0 Å². The first-order valence-electron chi connectivity index (χ1n) is 6.22. The summed E-state index contributed by atoms with van der Waals surface area (Å²) in [4.78, 5) is 24.2. The Morgan fingerprint density at radius 1 is 1.56 bits per heavy atom. The molecule has 0 radical (unpaired) electrons. The van der Waals surface area contributed by atoms with Crippen LogP contribution in [0.15, 0.2) is 0 Å². The summed E-state index contributed by atoms with van der Waals surface area (Å²) in [6.45, 7) is 2.72. The second-order valence-corrected chi connectivity index (χ2v) is 4.48. The number of carboxylic acids is 1. The molecule has 0 aliphatic heterocycles. The Bertz CT molecular complexity index is 347. The molecule has 0 heterocycles. The number of nitriles is 1. The molecule has 6 heteroatoms. The largest absolute Gasteiger partial charge is 0.481 e. The van der Waals surface area contributed by atoms with Crippen LogP contribution in [-0.4, -0.2) is 41.1 Å². The summed E-state index contributed by atoms with van der Waals surface area (Å²) in [6, 6.07) is 1.43. The van der Waals surface area contributed by atoms with Gasteiger partial charge >= 0.3 is 12.0 Å². The predicted octanol–water partition coefficient (Wildman–Crippen LogP) is 1.18. The number of hydrogen-bond donors (Lipinski definition) is 2. The molecule has 2 amide bonds. The molecular formula is C12H19N3O3. The third-order valence-electron chi connectivity index (χ3n) is 3.06. The molecule has 0 aromatic heterocycles. The quantitative estimate of drug-likeness (QED) is 0.712. The number of hydrogen-bond acceptors (Lipinski definition) is 3. The molecule has 0 saturated heterocycles. The molecule has 2 N–H and O–H groups in total. The topological polar surface area (TPSA) is 93.4 Å². The van der Waals surface area contributed by atoms with Crippen molar-refractivity contribution < 1.29 is 14.7 Å². The summed E-state index contributed by atoms with van der Waals surface area (Å²) >= 11 is 0. The SMILES string of the molecule is CCN(CCC#N)C(=O)NC(CC(=O)O)C1CC1. The van der Waals surface area contributed by atoms with Crippen LogP contribution in [0.1, 0.15) is 32.6 Å². The molecular weight excluding hydrogens is 234 g/mol. The van der Waals surface area contributed by atoms with Gasteiger partial charge in [0.1, 0.15) is 0 Å². The predicted molar refractivity (Wildman–Crippen MR) is 64.8 cm³/mol. The van der Waals surface area contributed by atoms with E-state index in [4.69, 9.17) is 10.4 Å². The van der Waals surface area contributed by atoms with Crippen molar-refractivity contribution in [2.75, 3.05) is 13.1 Å². The van der Waals surface area contributed by atoms with Crippen molar-refractivity contribution in [3.63, 3.8) is 0 Å². The molecule has 1 saturated carbocycles. The van der Waals surface area contributed by atoms with Crippen LogP contribution in [0.25, 0.3) is 0 Å². The first-order valence-corrected chi connectivity index (χ1v) is 6.22. The maximum atomic E-state index is 11.9. The number of aliphatic carboxylic acids is 1. The van der Waals surface area contributed by atoms with Gasteiger partial charge in [-0.25, -0.2) is 4.79 Å². The first kappa shape index (κ1) is 14.3. The number of carbonyl (C=O) groups is 2. The van der Waals surface area contributed by atoms with Gasteiger partial charge < -0.3 is 15.3 Å². The Hall–Kier alpha value is -1.77. The molecule has 0 aromatic rings. The summed E-state index contributed by atoms with van der Waals surface area (Å²) in [7, 11) is 0. The van der Waals surface area contributed by atoms with Crippen molar-refractivity contribution in [3.05, 3.63) is 0 Å². The van der Waals surface area contributed by atoms with Crippen LogP contribution in [0, 0.1) is 17.2 Å². The number of urea groups is 1. The van der Waals surface area contributed by atoms with Crippen molar-refractivity contribution in [3.8, 4) is 6.07 Å². The smallest absolute Gasteiger partial charge is 0.317 e. The maximum absolute atomic E-state index is 11.9. The van der Waals surface area contributed by atoms with E-state index in [1.165, 1.54) is 4.90 Å². The maximum Gasteiger partial charge on any atom is 0.317 e. The highest BCUT2D eigenvalue weighted by Gasteiger charge is 2.34. The lowest BCUT2D eigenvalue weighted by Crippen LogP contribution is -2.46. The number of carbonyl (C=O) groups excluding carboxylic acids is 1. The van der Waals surface area contributed by atoms with Crippen LogP contribution >= 0.6 is 0 Å². The average molecular weight is 253 g/mol. The van der Waals surface area contributed by atoms with Gasteiger partial charge in [0.15, 0.2) is 0 Å². The highest BCUT2D eigenvalue weighted by Crippen LogP contribution is 2.34. The minimum absolute atomic E-state index is 0.0355. The van der Waals surface area contributed by atoms with Crippen molar-refractivity contribution in [2.45, 2.75) is 38.6 Å². The average Bonchev–Trinajstić information content (AvgIpc) is 3.12. The third-order valence-corrected chi connectivity index (χ3v) is 3.06. The molecule has 6 nitrogen and oxygen atoms in total. The number of nitrogens with one attached hydrogen (secondary N) is 1. The monoisotopic (exact) mass is 253 g/mol. The van der Waals surface area contributed by atoms with Gasteiger partial charge in [-0.1, -0.05) is 0 Å². The van der Waals surface area contributed by atoms with Crippen molar-refractivity contribution in [1.29, 1.82) is 5.26 Å². The normalized spacial score (nSPS) is 15.6. The van der Waals surface area contributed by atoms with Gasteiger partial charge in [0.05, 0.1) is 18.9 Å². The van der Waals surface area contributed by atoms with E-state index in [0.717, 1.165) is 12.8 Å². The van der Waals surface area contributed by atoms with Gasteiger partial charge in [-0.15, -0.1) is 0 Å². The molecule has 0 aromatic carbocycles. The van der Waals surface area contributed by atoms with Crippen LogP contribution in [0.4, 0.5) is 4.79 Å². The van der Waals surface area contributed by atoms with Gasteiger partial charge in [-0.05, 0) is 25.7 Å². The lowest BCUT2D eigenvalue weighted by atomic mass is 10.1. The Labute approximate surface area is 107 Å². The molecule has 100 valence electrons. The highest BCUT2D eigenvalue weighted by atomic mass is 16.4. The molecule has 1 rings (SSSR count). The van der Waals surface area contributed by atoms with Crippen LogP contribution < -0.4 is 5.32 Å². The van der Waals surface area contributed by atoms with Crippen LogP contribution in [0.3, 0.4) is 0 Å². The lowest BCUT2D eigenvalue weighted by Gasteiger charge is -2.24. The number of carboxylic acid groups (broad SMARTS) is 1. The van der Waals surface area contributed by atoms with E-state index < -0.39 is 5.97 Å². The van der Waals surface area contributed by atoms with Gasteiger partial charge in [0.2, 0.25) is 0 Å². The molecule has 1 fully saturated rings. The van der Waals surface area contributed by atoms with E-state index in [1.807, 2.05) is 13.0 Å². The van der Waals surface area contributed by atoms with E-state index in [0.29, 0.717) is 19.0 Å².